The summed E-state index contributed by atoms with van der Waals surface area (Å²) in [5.74, 6) is 0.0269. The third kappa shape index (κ3) is 1.89. The number of aryl methyl sites for hydroxylation is 1. The molecule has 0 bridgehead atoms. The molecular weight excluding hydrogens is 264 g/mol. The molecule has 1 saturated heterocycles. The number of nitrogens with two attached hydrogens (primary N) is 1. The van der Waals surface area contributed by atoms with Gasteiger partial charge in [0, 0.05) is 12.1 Å². The number of nitrogens with zero attached hydrogens (tertiary/aromatic N) is 2. The Balaban J connectivity index is 2.13. The van der Waals surface area contributed by atoms with E-state index in [1.54, 1.807) is 10.6 Å². The largest absolute Gasteiger partial charge is 0.394 e. The van der Waals surface area contributed by atoms with Gasteiger partial charge in [-0.1, -0.05) is 0 Å². The van der Waals surface area contributed by atoms with Gasteiger partial charge in [0.15, 0.2) is 5.65 Å². The summed E-state index contributed by atoms with van der Waals surface area (Å²) < 4.78 is 7.33. The van der Waals surface area contributed by atoms with Gasteiger partial charge in [-0.25, -0.2) is 0 Å². The Hall–Kier alpha value is -1.90. The topological polar surface area (TPSA) is 126 Å². The number of hydrogen-bond acceptors (Lipinski definition) is 6. The lowest BCUT2D eigenvalue weighted by Crippen LogP contribution is -2.24. The zero-order valence-electron chi connectivity index (χ0n) is 10.9. The fourth-order valence-electron chi connectivity index (χ4n) is 2.65. The molecule has 0 unspecified atom stereocenters. The van der Waals surface area contributed by atoms with Crippen LogP contribution in [-0.4, -0.2) is 43.6 Å². The maximum atomic E-state index is 11.8. The molecule has 5 N–H and O–H groups in total. The molecule has 8 nitrogen and oxygen atoms in total. The molecule has 8 heteroatoms. The molecule has 0 aliphatic carbocycles. The van der Waals surface area contributed by atoms with Crippen LogP contribution in [0.4, 0.5) is 5.95 Å². The van der Waals surface area contributed by atoms with E-state index in [0.29, 0.717) is 17.5 Å². The number of aromatic amines is 1. The van der Waals surface area contributed by atoms with E-state index in [4.69, 9.17) is 15.6 Å². The minimum absolute atomic E-state index is 0.0269. The molecule has 0 saturated carbocycles. The minimum atomic E-state index is -0.749. The van der Waals surface area contributed by atoms with Crippen LogP contribution >= 0.6 is 0 Å². The molecule has 20 heavy (non-hydrogen) atoms. The summed E-state index contributed by atoms with van der Waals surface area (Å²) in [6.45, 7) is 1.56. The van der Waals surface area contributed by atoms with Gasteiger partial charge in [-0.05, 0) is 13.0 Å². The average Bonchev–Trinajstić information content (AvgIpc) is 2.89. The van der Waals surface area contributed by atoms with Crippen molar-refractivity contribution in [3.63, 3.8) is 0 Å². The molecule has 1 aliphatic heterocycles. The van der Waals surface area contributed by atoms with Gasteiger partial charge in [0.25, 0.3) is 5.56 Å². The van der Waals surface area contributed by atoms with Crippen LogP contribution in [0.5, 0.6) is 0 Å². The highest BCUT2D eigenvalue weighted by atomic mass is 16.5. The molecule has 2 aromatic rings. The van der Waals surface area contributed by atoms with Gasteiger partial charge < -0.3 is 25.3 Å². The number of hydrogen-bond donors (Lipinski definition) is 4. The van der Waals surface area contributed by atoms with Crippen molar-refractivity contribution in [3.05, 3.63) is 22.1 Å². The van der Waals surface area contributed by atoms with Gasteiger partial charge in [0.2, 0.25) is 5.95 Å². The summed E-state index contributed by atoms with van der Waals surface area (Å²) in [6, 6.07) is 1.70. The second-order valence-corrected chi connectivity index (χ2v) is 4.96. The first-order valence-corrected chi connectivity index (χ1v) is 6.33. The highest BCUT2D eigenvalue weighted by molar-refractivity contribution is 5.77. The van der Waals surface area contributed by atoms with Crippen LogP contribution in [-0.2, 0) is 4.74 Å². The summed E-state index contributed by atoms with van der Waals surface area (Å²) in [4.78, 5) is 18.4. The van der Waals surface area contributed by atoms with Gasteiger partial charge in [0.05, 0.1) is 18.1 Å². The van der Waals surface area contributed by atoms with Gasteiger partial charge >= 0.3 is 0 Å². The number of aromatic nitrogens is 3. The summed E-state index contributed by atoms with van der Waals surface area (Å²) >= 11 is 0. The number of nitrogen functional groups attached to an aromatic ring is 1. The first-order valence-electron chi connectivity index (χ1n) is 6.33. The summed E-state index contributed by atoms with van der Waals surface area (Å²) in [5, 5.41) is 19.4. The number of ether oxygens (including phenoxy) is 1. The van der Waals surface area contributed by atoms with E-state index in [1.807, 2.05) is 6.92 Å². The van der Waals surface area contributed by atoms with Crippen LogP contribution in [0.25, 0.3) is 11.0 Å². The van der Waals surface area contributed by atoms with E-state index in [1.165, 1.54) is 0 Å². The quantitative estimate of drug-likeness (QED) is 0.573. The highest BCUT2D eigenvalue weighted by Gasteiger charge is 2.35. The van der Waals surface area contributed by atoms with Gasteiger partial charge in [-0.3, -0.25) is 9.78 Å². The van der Waals surface area contributed by atoms with Crippen molar-refractivity contribution in [2.45, 2.75) is 31.8 Å². The maximum absolute atomic E-state index is 11.8. The van der Waals surface area contributed by atoms with Crippen molar-refractivity contribution in [2.75, 3.05) is 12.3 Å². The molecule has 1 fully saturated rings. The van der Waals surface area contributed by atoms with Crippen LogP contribution in [0, 0.1) is 6.92 Å². The van der Waals surface area contributed by atoms with Crippen LogP contribution in [0.15, 0.2) is 10.9 Å². The van der Waals surface area contributed by atoms with Crippen molar-refractivity contribution >= 4 is 17.0 Å². The van der Waals surface area contributed by atoms with E-state index in [9.17, 15) is 9.90 Å². The second kappa shape index (κ2) is 4.58. The van der Waals surface area contributed by atoms with E-state index >= 15 is 0 Å². The van der Waals surface area contributed by atoms with E-state index in [-0.39, 0.29) is 18.1 Å². The zero-order chi connectivity index (χ0) is 14.4. The Morgan fingerprint density at radius 2 is 2.40 bits per heavy atom. The fraction of sp³-hybridized carbons (Fsp3) is 0.500. The van der Waals surface area contributed by atoms with Crippen molar-refractivity contribution in [1.82, 2.24) is 14.5 Å². The molecule has 108 valence electrons. The predicted molar refractivity (Wildman–Crippen MR) is 71.1 cm³/mol. The Morgan fingerprint density at radius 3 is 3.05 bits per heavy atom. The Labute approximate surface area is 113 Å². The second-order valence-electron chi connectivity index (χ2n) is 4.96. The first-order chi connectivity index (χ1) is 9.51. The lowest BCUT2D eigenvalue weighted by atomic mass is 10.2. The summed E-state index contributed by atoms with van der Waals surface area (Å²) in [7, 11) is 0. The maximum Gasteiger partial charge on any atom is 0.261 e. The van der Waals surface area contributed by atoms with Crippen molar-refractivity contribution in [2.24, 2.45) is 0 Å². The Kier molecular flexibility index (Phi) is 3.00. The molecule has 3 atom stereocenters. The number of anilines is 1. The number of aliphatic hydroxyl groups is 2. The standard InChI is InChI=1S/C12H16N4O4/c1-5-2-6-10(14-12(13)15-11(6)19)16(5)9-3-7(18)8(4-17)20-9/h2,7-9,17-18H,3-4H2,1H3,(H3,13,14,15,19)/t7-,8+,9-/m0/s1. The molecule has 3 heterocycles. The number of aliphatic hydroxyl groups excluding tert-OH is 2. The zero-order valence-corrected chi connectivity index (χ0v) is 10.9. The monoisotopic (exact) mass is 280 g/mol. The van der Waals surface area contributed by atoms with Gasteiger partial charge in [0.1, 0.15) is 12.3 Å². The van der Waals surface area contributed by atoms with Gasteiger partial charge in [-0.2, -0.15) is 4.98 Å². The normalized spacial score (nSPS) is 26.4. The van der Waals surface area contributed by atoms with Crippen LogP contribution < -0.4 is 11.3 Å². The molecule has 1 aliphatic rings. The number of fused-ring (bicyclic) bond motifs is 1. The van der Waals surface area contributed by atoms with Gasteiger partial charge in [-0.15, -0.1) is 0 Å². The molecule has 0 radical (unpaired) electrons. The smallest absolute Gasteiger partial charge is 0.261 e. The summed E-state index contributed by atoms with van der Waals surface area (Å²) in [6.07, 6.45) is -1.53. The van der Waals surface area contributed by atoms with Crippen LogP contribution in [0.3, 0.4) is 0 Å². The van der Waals surface area contributed by atoms with E-state index in [0.717, 1.165) is 5.69 Å². The Bertz CT molecular complexity index is 707. The molecule has 0 aromatic carbocycles. The van der Waals surface area contributed by atoms with Crippen molar-refractivity contribution < 1.29 is 14.9 Å². The first kappa shape index (κ1) is 13.1. The molecule has 2 aromatic heterocycles. The SMILES string of the molecule is Cc1cc2c(=O)[nH]c(N)nc2n1[C@@H]1C[C@H](O)[C@@H](CO)O1. The van der Waals surface area contributed by atoms with Crippen LogP contribution in [0.2, 0.25) is 0 Å². The van der Waals surface area contributed by atoms with Crippen molar-refractivity contribution in [3.8, 4) is 0 Å². The lowest BCUT2D eigenvalue weighted by Gasteiger charge is -2.16. The number of H-pyrrole nitrogens is 1. The van der Waals surface area contributed by atoms with Crippen LogP contribution in [0.1, 0.15) is 18.3 Å². The minimum Gasteiger partial charge on any atom is -0.394 e. The molecule has 0 spiro atoms. The van der Waals surface area contributed by atoms with E-state index < -0.39 is 18.4 Å². The highest BCUT2D eigenvalue weighted by Crippen LogP contribution is 2.32. The predicted octanol–water partition coefficient (Wildman–Crippen LogP) is -0.744. The Morgan fingerprint density at radius 1 is 1.65 bits per heavy atom. The van der Waals surface area contributed by atoms with Crippen molar-refractivity contribution in [1.29, 1.82) is 0 Å². The third-order valence-corrected chi connectivity index (χ3v) is 3.59. The number of nitrogens with one attached hydrogen (secondary N) is 1. The average molecular weight is 280 g/mol. The number of rotatable bonds is 2. The third-order valence-electron chi connectivity index (χ3n) is 3.59. The molecular formula is C12H16N4O4. The molecule has 0 amide bonds. The summed E-state index contributed by atoms with van der Waals surface area (Å²) in [5.41, 5.74) is 6.45. The van der Waals surface area contributed by atoms with E-state index in [2.05, 4.69) is 9.97 Å². The molecule has 3 rings (SSSR count). The fourth-order valence-corrected chi connectivity index (χ4v) is 2.65. The lowest BCUT2D eigenvalue weighted by molar-refractivity contribution is -0.0435.